The van der Waals surface area contributed by atoms with Crippen LogP contribution in [0.3, 0.4) is 0 Å². The normalized spacial score (nSPS) is 19.1. The summed E-state index contributed by atoms with van der Waals surface area (Å²) in [5, 5.41) is 14.8. The van der Waals surface area contributed by atoms with Gasteiger partial charge in [0.05, 0.1) is 11.3 Å². The van der Waals surface area contributed by atoms with Crippen LogP contribution in [0.15, 0.2) is 60.7 Å². The first-order valence-electron chi connectivity index (χ1n) is 11.6. The van der Waals surface area contributed by atoms with Crippen LogP contribution < -0.4 is 10.6 Å². The number of carbonyl (C=O) groups excluding carboxylic acids is 2. The zero-order valence-electron chi connectivity index (χ0n) is 19.4. The van der Waals surface area contributed by atoms with Crippen LogP contribution in [0.4, 0.5) is 4.79 Å². The molecule has 2 unspecified atom stereocenters. The number of amides is 2. The van der Waals surface area contributed by atoms with Gasteiger partial charge in [-0.15, -0.1) is 0 Å². The molecule has 178 valence electrons. The van der Waals surface area contributed by atoms with E-state index >= 15 is 0 Å². The molecular weight excluding hydrogens is 432 g/mol. The van der Waals surface area contributed by atoms with Crippen molar-refractivity contribution in [2.75, 3.05) is 13.2 Å². The van der Waals surface area contributed by atoms with Gasteiger partial charge in [0.1, 0.15) is 6.61 Å². The number of aliphatic carboxylic acids is 1. The van der Waals surface area contributed by atoms with Gasteiger partial charge in [0.25, 0.3) is 0 Å². The number of carboxylic acid groups (broad SMARTS) is 1. The smallest absolute Gasteiger partial charge is 0.407 e. The largest absolute Gasteiger partial charge is 0.481 e. The van der Waals surface area contributed by atoms with Crippen molar-refractivity contribution in [1.29, 1.82) is 0 Å². The third-order valence-corrected chi connectivity index (χ3v) is 6.63. The van der Waals surface area contributed by atoms with E-state index < -0.39 is 23.4 Å². The number of ether oxygens (including phenoxy) is 1. The predicted molar refractivity (Wildman–Crippen MR) is 128 cm³/mol. The second kappa shape index (κ2) is 9.71. The molecule has 2 atom stereocenters. The van der Waals surface area contributed by atoms with Crippen LogP contribution in [0.2, 0.25) is 0 Å². The van der Waals surface area contributed by atoms with Crippen molar-refractivity contribution in [2.45, 2.75) is 38.6 Å². The van der Waals surface area contributed by atoms with Crippen LogP contribution in [0.5, 0.6) is 0 Å². The number of fused-ring (bicyclic) bond motifs is 3. The minimum Gasteiger partial charge on any atom is -0.481 e. The first-order chi connectivity index (χ1) is 16.3. The number of rotatable bonds is 7. The summed E-state index contributed by atoms with van der Waals surface area (Å²) in [6.07, 6.45) is 3.86. The molecule has 0 fully saturated rings. The van der Waals surface area contributed by atoms with Gasteiger partial charge in [0, 0.05) is 18.5 Å². The molecule has 2 aromatic carbocycles. The molecule has 2 amide bonds. The van der Waals surface area contributed by atoms with E-state index in [0.717, 1.165) is 22.3 Å². The Hall–Kier alpha value is -3.61. The number of hydrogen-bond donors (Lipinski definition) is 3. The highest BCUT2D eigenvalue weighted by Crippen LogP contribution is 2.44. The fourth-order valence-corrected chi connectivity index (χ4v) is 4.58. The SMILES string of the molecule is CC(C)(CNC(=O)OCC1c2ccccc2-c2ccccc21)C(=O)NC1C=CCC(C(=O)O)C1. The van der Waals surface area contributed by atoms with Crippen molar-refractivity contribution < 1.29 is 24.2 Å². The second-order valence-corrected chi connectivity index (χ2v) is 9.58. The van der Waals surface area contributed by atoms with Gasteiger partial charge < -0.3 is 20.5 Å². The molecule has 2 aliphatic carbocycles. The predicted octanol–water partition coefficient (Wildman–Crippen LogP) is 4.09. The van der Waals surface area contributed by atoms with Crippen LogP contribution in [0.25, 0.3) is 11.1 Å². The molecule has 0 aromatic heterocycles. The summed E-state index contributed by atoms with van der Waals surface area (Å²) in [6.45, 7) is 3.75. The van der Waals surface area contributed by atoms with E-state index in [-0.39, 0.29) is 31.0 Å². The van der Waals surface area contributed by atoms with Gasteiger partial charge >= 0.3 is 12.1 Å². The summed E-state index contributed by atoms with van der Waals surface area (Å²) >= 11 is 0. The molecule has 3 N–H and O–H groups in total. The molecular formula is C27H30N2O5. The van der Waals surface area contributed by atoms with Gasteiger partial charge in [-0.05, 0) is 48.9 Å². The maximum Gasteiger partial charge on any atom is 0.407 e. The lowest BCUT2D eigenvalue weighted by molar-refractivity contribution is -0.142. The highest BCUT2D eigenvalue weighted by molar-refractivity contribution is 5.83. The summed E-state index contributed by atoms with van der Waals surface area (Å²) in [5.41, 5.74) is 3.70. The number of benzene rings is 2. The van der Waals surface area contributed by atoms with Gasteiger partial charge in [-0.2, -0.15) is 0 Å². The molecule has 0 bridgehead atoms. The Labute approximate surface area is 199 Å². The fraction of sp³-hybridized carbons (Fsp3) is 0.370. The zero-order chi connectivity index (χ0) is 24.3. The number of alkyl carbamates (subject to hydrolysis) is 1. The fourth-order valence-electron chi connectivity index (χ4n) is 4.58. The lowest BCUT2D eigenvalue weighted by Crippen LogP contribution is -2.48. The van der Waals surface area contributed by atoms with Gasteiger partial charge in [-0.1, -0.05) is 60.7 Å². The Balaban J connectivity index is 1.30. The van der Waals surface area contributed by atoms with Crippen molar-refractivity contribution in [1.82, 2.24) is 10.6 Å². The average Bonchev–Trinajstić information content (AvgIpc) is 3.15. The molecule has 2 aromatic rings. The maximum atomic E-state index is 12.8. The van der Waals surface area contributed by atoms with E-state index in [1.54, 1.807) is 19.9 Å². The van der Waals surface area contributed by atoms with E-state index in [0.29, 0.717) is 12.8 Å². The third-order valence-electron chi connectivity index (χ3n) is 6.63. The van der Waals surface area contributed by atoms with Crippen molar-refractivity contribution in [3.63, 3.8) is 0 Å². The monoisotopic (exact) mass is 462 g/mol. The third kappa shape index (κ3) is 4.98. The topological polar surface area (TPSA) is 105 Å². The van der Waals surface area contributed by atoms with Crippen molar-refractivity contribution in [2.24, 2.45) is 11.3 Å². The van der Waals surface area contributed by atoms with Crippen LogP contribution in [0.1, 0.15) is 43.7 Å². The highest BCUT2D eigenvalue weighted by atomic mass is 16.5. The molecule has 4 rings (SSSR count). The quantitative estimate of drug-likeness (QED) is 0.538. The van der Waals surface area contributed by atoms with Gasteiger partial charge in [0.15, 0.2) is 0 Å². The summed E-state index contributed by atoms with van der Waals surface area (Å²) in [4.78, 5) is 36.5. The number of allylic oxidation sites excluding steroid dienone is 1. The van der Waals surface area contributed by atoms with Crippen LogP contribution >= 0.6 is 0 Å². The van der Waals surface area contributed by atoms with E-state index in [1.807, 2.05) is 30.3 Å². The lowest BCUT2D eigenvalue weighted by atomic mass is 9.88. The average molecular weight is 463 g/mol. The Morgan fingerprint density at radius 2 is 1.65 bits per heavy atom. The number of hydrogen-bond acceptors (Lipinski definition) is 4. The van der Waals surface area contributed by atoms with Crippen LogP contribution in [-0.2, 0) is 14.3 Å². The molecule has 0 saturated heterocycles. The van der Waals surface area contributed by atoms with E-state index in [9.17, 15) is 19.5 Å². The lowest BCUT2D eigenvalue weighted by Gasteiger charge is -2.29. The van der Waals surface area contributed by atoms with Crippen molar-refractivity contribution >= 4 is 18.0 Å². The number of carbonyl (C=O) groups is 3. The molecule has 7 nitrogen and oxygen atoms in total. The Kier molecular flexibility index (Phi) is 6.72. The first kappa shape index (κ1) is 23.5. The van der Waals surface area contributed by atoms with Crippen LogP contribution in [0, 0.1) is 11.3 Å². The molecule has 0 radical (unpaired) electrons. The summed E-state index contributed by atoms with van der Waals surface area (Å²) in [7, 11) is 0. The van der Waals surface area contributed by atoms with E-state index in [4.69, 9.17) is 4.74 Å². The van der Waals surface area contributed by atoms with Gasteiger partial charge in [0.2, 0.25) is 5.91 Å². The molecule has 0 heterocycles. The molecule has 2 aliphatic rings. The first-order valence-corrected chi connectivity index (χ1v) is 11.6. The zero-order valence-corrected chi connectivity index (χ0v) is 19.4. The highest BCUT2D eigenvalue weighted by Gasteiger charge is 2.33. The van der Waals surface area contributed by atoms with Crippen molar-refractivity contribution in [3.05, 3.63) is 71.8 Å². The number of nitrogens with one attached hydrogen (secondary N) is 2. The minimum absolute atomic E-state index is 0.0327. The molecule has 0 aliphatic heterocycles. The Morgan fingerprint density at radius 1 is 1.03 bits per heavy atom. The van der Waals surface area contributed by atoms with Gasteiger partial charge in [-0.3, -0.25) is 9.59 Å². The summed E-state index contributed by atoms with van der Waals surface area (Å²) in [5.74, 6) is -1.65. The standard InChI is InChI=1S/C27H30N2O5/c1-27(2,25(32)29-18-9-7-8-17(14-18)24(30)31)16-28-26(33)34-15-23-21-12-5-3-10-19(21)20-11-4-6-13-22(20)23/h3-7,9-13,17-18,23H,8,14-16H2,1-2H3,(H,28,33)(H,29,32)(H,30,31). The summed E-state index contributed by atoms with van der Waals surface area (Å²) in [6, 6.07) is 15.9. The maximum absolute atomic E-state index is 12.8. The van der Waals surface area contributed by atoms with E-state index in [2.05, 4.69) is 34.9 Å². The van der Waals surface area contributed by atoms with Crippen molar-refractivity contribution in [3.8, 4) is 11.1 Å². The minimum atomic E-state index is -0.893. The molecule has 34 heavy (non-hydrogen) atoms. The van der Waals surface area contributed by atoms with Gasteiger partial charge in [-0.25, -0.2) is 4.79 Å². The summed E-state index contributed by atoms with van der Waals surface area (Å²) < 4.78 is 5.55. The molecule has 0 saturated carbocycles. The van der Waals surface area contributed by atoms with E-state index in [1.165, 1.54) is 0 Å². The number of carboxylic acids is 1. The van der Waals surface area contributed by atoms with Crippen LogP contribution in [-0.4, -0.2) is 42.3 Å². The second-order valence-electron chi connectivity index (χ2n) is 9.58. The molecule has 7 heteroatoms. The Morgan fingerprint density at radius 3 is 2.26 bits per heavy atom. The Bertz CT molecular complexity index is 1080. The molecule has 0 spiro atoms.